The number of ether oxygens (including phenoxy) is 1. The number of benzene rings is 1. The van der Waals surface area contributed by atoms with E-state index >= 15 is 0 Å². The summed E-state index contributed by atoms with van der Waals surface area (Å²) in [5.74, 6) is 0.102. The van der Waals surface area contributed by atoms with Gasteiger partial charge in [0.1, 0.15) is 18.1 Å². The molecule has 2 aromatic heterocycles. The molecule has 0 aliphatic rings. The van der Waals surface area contributed by atoms with Gasteiger partial charge >= 0.3 is 0 Å². The molecule has 0 fully saturated rings. The Kier molecular flexibility index (Phi) is 6.15. The van der Waals surface area contributed by atoms with E-state index < -0.39 is 13.0 Å². The van der Waals surface area contributed by atoms with Crippen LogP contribution in [0.1, 0.15) is 28.5 Å². The molecule has 0 aliphatic carbocycles. The van der Waals surface area contributed by atoms with E-state index in [1.165, 1.54) is 0 Å². The molecule has 0 atom stereocenters. The molecule has 0 aliphatic heterocycles. The predicted molar refractivity (Wildman–Crippen MR) is 100 cm³/mol. The number of pyridine rings is 1. The Bertz CT molecular complexity index is 974. The zero-order valence-corrected chi connectivity index (χ0v) is 15.6. The number of nitrogens with zero attached hydrogens (tertiary/aromatic N) is 3. The van der Waals surface area contributed by atoms with Crippen molar-refractivity contribution in [1.82, 2.24) is 25.6 Å². The quantitative estimate of drug-likeness (QED) is 0.579. The van der Waals surface area contributed by atoms with Crippen LogP contribution in [0.15, 0.2) is 36.7 Å². The Morgan fingerprint density at radius 3 is 2.86 bits per heavy atom. The molecule has 0 spiro atoms. The maximum Gasteiger partial charge on any atom is 0.284 e. The molecular weight excluding hydrogens is 368 g/mol. The third-order valence-corrected chi connectivity index (χ3v) is 4.02. The van der Waals surface area contributed by atoms with E-state index in [1.807, 2.05) is 13.0 Å². The number of amides is 1. The number of hydrogen-bond donors (Lipinski definition) is 2. The lowest BCUT2D eigenvalue weighted by Crippen LogP contribution is -2.37. The van der Waals surface area contributed by atoms with Gasteiger partial charge in [-0.1, -0.05) is 19.1 Å². The summed E-state index contributed by atoms with van der Waals surface area (Å²) in [5, 5.41) is 5.13. The molecule has 7 nitrogen and oxygen atoms in total. The average molecular weight is 389 g/mol. The Hall–Kier alpha value is -3.07. The van der Waals surface area contributed by atoms with Crippen LogP contribution in [0.25, 0.3) is 10.9 Å². The van der Waals surface area contributed by atoms with Gasteiger partial charge in [-0.15, -0.1) is 0 Å². The van der Waals surface area contributed by atoms with Crippen molar-refractivity contribution in [2.24, 2.45) is 0 Å². The lowest BCUT2D eigenvalue weighted by Gasteiger charge is -2.10. The molecule has 2 N–H and O–H groups in total. The highest BCUT2D eigenvalue weighted by molar-refractivity contribution is 6.03. The van der Waals surface area contributed by atoms with Gasteiger partial charge in [0.25, 0.3) is 12.3 Å². The molecule has 1 amide bonds. The highest BCUT2D eigenvalue weighted by Crippen LogP contribution is 2.21. The van der Waals surface area contributed by atoms with Crippen LogP contribution in [-0.2, 0) is 6.54 Å². The van der Waals surface area contributed by atoms with Gasteiger partial charge in [0, 0.05) is 18.9 Å². The fourth-order valence-electron chi connectivity index (χ4n) is 2.80. The summed E-state index contributed by atoms with van der Waals surface area (Å²) in [6.45, 7) is 4.10. The highest BCUT2D eigenvalue weighted by atomic mass is 19.3. The largest absolute Gasteiger partial charge is 0.487 e. The molecule has 2 heterocycles. The number of nitrogens with one attached hydrogen (secondary N) is 2. The van der Waals surface area contributed by atoms with Crippen LogP contribution in [0, 0.1) is 6.92 Å². The van der Waals surface area contributed by atoms with Gasteiger partial charge in [0.2, 0.25) is 0 Å². The van der Waals surface area contributed by atoms with E-state index in [9.17, 15) is 13.6 Å². The first-order valence-corrected chi connectivity index (χ1v) is 8.83. The van der Waals surface area contributed by atoms with Gasteiger partial charge in [0.15, 0.2) is 0 Å². The van der Waals surface area contributed by atoms with Crippen LogP contribution < -0.4 is 15.6 Å². The maximum absolute atomic E-state index is 12.3. The van der Waals surface area contributed by atoms with Crippen LogP contribution in [0.2, 0.25) is 0 Å². The minimum Gasteiger partial charge on any atom is -0.487 e. The number of fused-ring (bicyclic) bond motifs is 1. The van der Waals surface area contributed by atoms with Crippen molar-refractivity contribution in [2.75, 3.05) is 13.2 Å². The molecule has 0 saturated heterocycles. The minimum absolute atomic E-state index is 0.289. The van der Waals surface area contributed by atoms with Crippen LogP contribution in [0.4, 0.5) is 8.78 Å². The first-order valence-electron chi connectivity index (χ1n) is 8.83. The van der Waals surface area contributed by atoms with Gasteiger partial charge in [-0.25, -0.2) is 14.2 Å². The minimum atomic E-state index is -2.51. The van der Waals surface area contributed by atoms with Gasteiger partial charge < -0.3 is 4.74 Å². The number of hydrazine groups is 1. The molecule has 0 saturated carbocycles. The second kappa shape index (κ2) is 8.75. The lowest BCUT2D eigenvalue weighted by molar-refractivity contribution is 0.0815. The van der Waals surface area contributed by atoms with Crippen LogP contribution in [0.5, 0.6) is 5.75 Å². The van der Waals surface area contributed by atoms with E-state index in [-0.39, 0.29) is 11.6 Å². The third-order valence-electron chi connectivity index (χ3n) is 4.02. The zero-order chi connectivity index (χ0) is 20.1. The molecule has 28 heavy (non-hydrogen) atoms. The van der Waals surface area contributed by atoms with Crippen LogP contribution in [-0.4, -0.2) is 40.2 Å². The Morgan fingerprint density at radius 1 is 1.32 bits per heavy atom. The predicted octanol–water partition coefficient (Wildman–Crippen LogP) is 2.69. The van der Waals surface area contributed by atoms with Crippen molar-refractivity contribution in [1.29, 1.82) is 0 Å². The Morgan fingerprint density at radius 2 is 2.14 bits per heavy atom. The number of hydrogen-bond acceptors (Lipinski definition) is 5. The van der Waals surface area contributed by atoms with Gasteiger partial charge in [-0.3, -0.25) is 19.9 Å². The van der Waals surface area contributed by atoms with E-state index in [1.54, 1.807) is 42.2 Å². The zero-order valence-electron chi connectivity index (χ0n) is 15.6. The molecule has 0 unspecified atom stereocenters. The summed E-state index contributed by atoms with van der Waals surface area (Å²) in [7, 11) is 0. The highest BCUT2D eigenvalue weighted by Gasteiger charge is 2.14. The first-order chi connectivity index (χ1) is 13.5. The Balaban J connectivity index is 1.79. The Labute approximate surface area is 160 Å². The average Bonchev–Trinajstić information content (AvgIpc) is 3.07. The van der Waals surface area contributed by atoms with E-state index in [0.717, 1.165) is 11.1 Å². The van der Waals surface area contributed by atoms with Crippen LogP contribution >= 0.6 is 0 Å². The number of carbonyl (C=O) groups excluding carboxylic acids is 1. The summed E-state index contributed by atoms with van der Waals surface area (Å²) >= 11 is 0. The van der Waals surface area contributed by atoms with Crippen LogP contribution in [0.3, 0.4) is 0 Å². The summed E-state index contributed by atoms with van der Waals surface area (Å²) in [6.07, 6.45) is 0.794. The molecule has 9 heteroatoms. The number of aromatic nitrogens is 3. The molecule has 148 valence electrons. The van der Waals surface area contributed by atoms with E-state index in [2.05, 4.69) is 20.9 Å². The lowest BCUT2D eigenvalue weighted by atomic mass is 10.1. The second-order valence-corrected chi connectivity index (χ2v) is 6.21. The smallest absolute Gasteiger partial charge is 0.284 e. The topological polar surface area (TPSA) is 81.1 Å². The van der Waals surface area contributed by atoms with Crippen molar-refractivity contribution < 1.29 is 18.3 Å². The summed E-state index contributed by atoms with van der Waals surface area (Å²) in [5.41, 5.74) is 7.98. The monoisotopic (exact) mass is 389 g/mol. The molecule has 0 radical (unpaired) electrons. The third kappa shape index (κ3) is 4.61. The SMILES string of the molecule is CCNNC(=O)c1nccc2nn(Cc3ccc(OCC(F)F)c(C)c3)cc12. The molecule has 3 rings (SSSR count). The second-order valence-electron chi connectivity index (χ2n) is 6.21. The van der Waals surface area contributed by atoms with Gasteiger partial charge in [-0.05, 0) is 30.2 Å². The fourth-order valence-corrected chi connectivity index (χ4v) is 2.80. The van der Waals surface area contributed by atoms with Crippen molar-refractivity contribution in [3.05, 3.63) is 53.5 Å². The number of carbonyl (C=O) groups is 1. The van der Waals surface area contributed by atoms with Crippen molar-refractivity contribution >= 4 is 16.8 Å². The molecular formula is C19H21F2N5O2. The van der Waals surface area contributed by atoms with E-state index in [4.69, 9.17) is 4.74 Å². The molecule has 1 aromatic carbocycles. The van der Waals surface area contributed by atoms with Crippen molar-refractivity contribution in [3.8, 4) is 5.75 Å². The standard InChI is InChI=1S/C19H21F2N5O2/c1-3-23-24-19(27)18-14-10-26(25-15(14)6-7-22-18)9-13-4-5-16(12(2)8-13)28-11-17(20)21/h4-8,10,17,23H,3,9,11H2,1-2H3,(H,24,27). The number of rotatable bonds is 8. The number of halogens is 2. The number of alkyl halides is 2. The summed E-state index contributed by atoms with van der Waals surface area (Å²) in [6, 6.07) is 7.08. The van der Waals surface area contributed by atoms with Gasteiger partial charge in [-0.2, -0.15) is 5.10 Å². The van der Waals surface area contributed by atoms with Crippen molar-refractivity contribution in [3.63, 3.8) is 0 Å². The summed E-state index contributed by atoms with van der Waals surface area (Å²) < 4.78 is 31.4. The summed E-state index contributed by atoms with van der Waals surface area (Å²) in [4.78, 5) is 16.4. The van der Waals surface area contributed by atoms with Crippen molar-refractivity contribution in [2.45, 2.75) is 26.8 Å². The number of aryl methyl sites for hydroxylation is 1. The maximum atomic E-state index is 12.3. The van der Waals surface area contributed by atoms with Gasteiger partial charge in [0.05, 0.1) is 17.4 Å². The van der Waals surface area contributed by atoms with E-state index in [0.29, 0.717) is 29.7 Å². The molecule has 3 aromatic rings. The first kappa shape index (κ1) is 19.7. The molecule has 0 bridgehead atoms. The fraction of sp³-hybridized carbons (Fsp3) is 0.316. The normalized spacial score (nSPS) is 11.2.